The van der Waals surface area contributed by atoms with Crippen LogP contribution in [0.5, 0.6) is 5.88 Å². The van der Waals surface area contributed by atoms with Crippen LogP contribution in [0.2, 0.25) is 0 Å². The molecule has 1 fully saturated rings. The average Bonchev–Trinajstić information content (AvgIpc) is 2.96. The number of nitrogens with one attached hydrogen (secondary N) is 2. The highest BCUT2D eigenvalue weighted by Crippen LogP contribution is 2.37. The van der Waals surface area contributed by atoms with E-state index in [2.05, 4.69) is 25.7 Å². The van der Waals surface area contributed by atoms with E-state index < -0.39 is 11.7 Å². The van der Waals surface area contributed by atoms with Crippen LogP contribution in [0, 0.1) is 6.92 Å². The molecule has 0 saturated carbocycles. The van der Waals surface area contributed by atoms with Crippen molar-refractivity contribution in [3.05, 3.63) is 17.5 Å². The summed E-state index contributed by atoms with van der Waals surface area (Å²) in [5, 5.41) is 10.3. The molecule has 4 heterocycles. The molecule has 0 aliphatic carbocycles. The number of alkyl halides is 3. The van der Waals surface area contributed by atoms with Crippen LogP contribution in [-0.4, -0.2) is 46.1 Å². The summed E-state index contributed by atoms with van der Waals surface area (Å²) in [7, 11) is 0. The zero-order valence-corrected chi connectivity index (χ0v) is 15.3. The lowest BCUT2D eigenvalue weighted by Gasteiger charge is -2.23. The molecule has 2 aromatic heterocycles. The summed E-state index contributed by atoms with van der Waals surface area (Å²) in [5.74, 6) is 0.204. The molecule has 2 N–H and O–H groups in total. The number of anilines is 3. The second-order valence-corrected chi connectivity index (χ2v) is 6.76. The topological polar surface area (TPSA) is 86.1 Å². The molecular weight excluding hydrogens is 377 g/mol. The Morgan fingerprint density at radius 1 is 1.21 bits per heavy atom. The maximum Gasteiger partial charge on any atom is 0.421 e. The Hall–Kier alpha value is -2.56. The van der Waals surface area contributed by atoms with Gasteiger partial charge in [-0.25, -0.2) is 4.98 Å². The van der Waals surface area contributed by atoms with Crippen molar-refractivity contribution in [1.82, 2.24) is 19.7 Å². The second kappa shape index (κ2) is 7.46. The van der Waals surface area contributed by atoms with Crippen LogP contribution in [-0.2, 0) is 10.9 Å². The first kappa shape index (κ1) is 18.8. The first-order valence-corrected chi connectivity index (χ1v) is 9.18. The molecule has 2 aliphatic rings. The van der Waals surface area contributed by atoms with Gasteiger partial charge in [-0.05, 0) is 26.2 Å². The highest BCUT2D eigenvalue weighted by Gasteiger charge is 2.35. The normalized spacial score (nSPS) is 18.3. The predicted molar refractivity (Wildman–Crippen MR) is 95.0 cm³/mol. The molecule has 0 radical (unpaired) electrons. The quantitative estimate of drug-likeness (QED) is 0.762. The monoisotopic (exact) mass is 398 g/mol. The van der Waals surface area contributed by atoms with E-state index in [0.717, 1.165) is 24.7 Å². The van der Waals surface area contributed by atoms with Crippen LogP contribution in [0.3, 0.4) is 0 Å². The maximum atomic E-state index is 13.2. The third kappa shape index (κ3) is 3.71. The van der Waals surface area contributed by atoms with Gasteiger partial charge < -0.3 is 20.1 Å². The Morgan fingerprint density at radius 3 is 2.75 bits per heavy atom. The van der Waals surface area contributed by atoms with E-state index >= 15 is 0 Å². The molecular formula is C17H21F3N6O2. The van der Waals surface area contributed by atoms with Crippen molar-refractivity contribution in [2.75, 3.05) is 37.0 Å². The Balaban J connectivity index is 1.71. The highest BCUT2D eigenvalue weighted by molar-refractivity contribution is 5.64. The molecule has 2 aromatic rings. The molecule has 0 aromatic carbocycles. The largest absolute Gasteiger partial charge is 0.475 e. The lowest BCUT2D eigenvalue weighted by atomic mass is 10.1. The molecule has 2 bridgehead atoms. The lowest BCUT2D eigenvalue weighted by Crippen LogP contribution is -2.21. The fraction of sp³-hybridized carbons (Fsp3) is 0.588. The molecule has 152 valence electrons. The fourth-order valence-electron chi connectivity index (χ4n) is 3.37. The van der Waals surface area contributed by atoms with Crippen molar-refractivity contribution in [3.63, 3.8) is 0 Å². The minimum Gasteiger partial charge on any atom is -0.475 e. The summed E-state index contributed by atoms with van der Waals surface area (Å²) in [6, 6.07) is 0.185. The SMILES string of the molecule is Cc1c2c(nn1C1CCOCC1)OCCCNc1nc(ncc1C(F)(F)F)N2. The van der Waals surface area contributed by atoms with E-state index in [1.807, 2.05) is 11.6 Å². The van der Waals surface area contributed by atoms with E-state index in [0.29, 0.717) is 37.8 Å². The van der Waals surface area contributed by atoms with Gasteiger partial charge in [0.1, 0.15) is 17.1 Å². The second-order valence-electron chi connectivity index (χ2n) is 6.76. The smallest absolute Gasteiger partial charge is 0.421 e. The van der Waals surface area contributed by atoms with Gasteiger partial charge in [-0.2, -0.15) is 18.2 Å². The van der Waals surface area contributed by atoms with Gasteiger partial charge in [0.25, 0.3) is 5.88 Å². The third-order valence-electron chi connectivity index (χ3n) is 4.84. The van der Waals surface area contributed by atoms with Crippen molar-refractivity contribution in [2.45, 2.75) is 38.4 Å². The fourth-order valence-corrected chi connectivity index (χ4v) is 3.37. The summed E-state index contributed by atoms with van der Waals surface area (Å²) in [5.41, 5.74) is 0.492. The van der Waals surface area contributed by atoms with Crippen molar-refractivity contribution < 1.29 is 22.6 Å². The zero-order valence-electron chi connectivity index (χ0n) is 15.3. The molecule has 0 unspecified atom stereocenters. The molecule has 2 aliphatic heterocycles. The number of fused-ring (bicyclic) bond motifs is 3. The number of ether oxygens (including phenoxy) is 2. The van der Waals surface area contributed by atoms with Gasteiger partial charge in [0.2, 0.25) is 5.95 Å². The Labute approximate surface area is 159 Å². The molecule has 0 amide bonds. The number of halogens is 3. The van der Waals surface area contributed by atoms with Gasteiger partial charge in [0.15, 0.2) is 0 Å². The maximum absolute atomic E-state index is 13.2. The molecule has 4 rings (SSSR count). The van der Waals surface area contributed by atoms with Crippen LogP contribution in [0.1, 0.15) is 36.6 Å². The van der Waals surface area contributed by atoms with E-state index in [1.165, 1.54) is 0 Å². The molecule has 8 nitrogen and oxygen atoms in total. The van der Waals surface area contributed by atoms with Crippen LogP contribution < -0.4 is 15.4 Å². The standard InChI is InChI=1S/C17H21F3N6O2/c1-10-13-15(25-26(10)11-3-7-27-8-4-11)28-6-2-5-21-14-12(17(18,19)20)9-22-16(23-13)24-14/h9,11H,2-8H2,1H3,(H2,21,22,23,24). The number of aromatic nitrogens is 4. The molecule has 11 heteroatoms. The van der Waals surface area contributed by atoms with Crippen LogP contribution in [0.15, 0.2) is 6.20 Å². The Kier molecular flexibility index (Phi) is 5.00. The first-order valence-electron chi connectivity index (χ1n) is 9.18. The zero-order chi connectivity index (χ0) is 19.7. The number of hydrogen-bond acceptors (Lipinski definition) is 7. The Morgan fingerprint density at radius 2 is 2.00 bits per heavy atom. The first-order chi connectivity index (χ1) is 13.4. The van der Waals surface area contributed by atoms with E-state index in [4.69, 9.17) is 9.47 Å². The third-order valence-corrected chi connectivity index (χ3v) is 4.84. The van der Waals surface area contributed by atoms with E-state index in [9.17, 15) is 13.2 Å². The van der Waals surface area contributed by atoms with Gasteiger partial charge in [-0.3, -0.25) is 4.68 Å². The van der Waals surface area contributed by atoms with Crippen molar-refractivity contribution in [3.8, 4) is 5.88 Å². The van der Waals surface area contributed by atoms with Crippen molar-refractivity contribution >= 4 is 17.5 Å². The molecule has 1 saturated heterocycles. The molecule has 28 heavy (non-hydrogen) atoms. The summed E-state index contributed by atoms with van der Waals surface area (Å²) < 4.78 is 52.7. The molecule has 0 atom stereocenters. The average molecular weight is 398 g/mol. The van der Waals surface area contributed by atoms with Gasteiger partial charge in [0.05, 0.1) is 18.3 Å². The van der Waals surface area contributed by atoms with Crippen molar-refractivity contribution in [2.24, 2.45) is 0 Å². The van der Waals surface area contributed by atoms with Crippen molar-refractivity contribution in [1.29, 1.82) is 0 Å². The van der Waals surface area contributed by atoms with Gasteiger partial charge in [-0.1, -0.05) is 0 Å². The highest BCUT2D eigenvalue weighted by atomic mass is 19.4. The van der Waals surface area contributed by atoms with Crippen LogP contribution in [0.25, 0.3) is 0 Å². The Bertz CT molecular complexity index is 848. The van der Waals surface area contributed by atoms with Crippen LogP contribution >= 0.6 is 0 Å². The minimum atomic E-state index is -4.54. The van der Waals surface area contributed by atoms with Crippen LogP contribution in [0.4, 0.5) is 30.6 Å². The minimum absolute atomic E-state index is 0.0527. The number of nitrogens with zero attached hydrogens (tertiary/aromatic N) is 4. The number of hydrogen-bond donors (Lipinski definition) is 2. The number of rotatable bonds is 1. The van der Waals surface area contributed by atoms with Gasteiger partial charge >= 0.3 is 6.18 Å². The van der Waals surface area contributed by atoms with E-state index in [-0.39, 0.29) is 24.4 Å². The summed E-state index contributed by atoms with van der Waals surface area (Å²) in [6.45, 7) is 3.83. The summed E-state index contributed by atoms with van der Waals surface area (Å²) >= 11 is 0. The summed E-state index contributed by atoms with van der Waals surface area (Å²) in [6.07, 6.45) is -1.57. The lowest BCUT2D eigenvalue weighted by molar-refractivity contribution is -0.137. The van der Waals surface area contributed by atoms with E-state index in [1.54, 1.807) is 0 Å². The van der Waals surface area contributed by atoms with Gasteiger partial charge in [-0.15, -0.1) is 5.10 Å². The predicted octanol–water partition coefficient (Wildman–Crippen LogP) is 3.29. The molecule has 0 spiro atoms. The summed E-state index contributed by atoms with van der Waals surface area (Å²) in [4.78, 5) is 7.89. The van der Waals surface area contributed by atoms with Gasteiger partial charge in [0, 0.05) is 26.0 Å².